The number of carbonyl (C=O) groups is 2. The summed E-state index contributed by atoms with van der Waals surface area (Å²) in [4.78, 5) is 17.1. The van der Waals surface area contributed by atoms with E-state index in [9.17, 15) is 0 Å². The molecule has 0 unspecified atom stereocenters. The highest BCUT2D eigenvalue weighted by Crippen LogP contribution is 1.76. The largest absolute Gasteiger partial charge is 0.503 e. The Labute approximate surface area is 118 Å². The molecule has 0 fully saturated rings. The first kappa shape index (κ1) is 36.0. The molecule has 122 valence electrons. The van der Waals surface area contributed by atoms with Crippen molar-refractivity contribution in [3.8, 4) is 0 Å². The van der Waals surface area contributed by atoms with Crippen molar-refractivity contribution in [1.29, 1.82) is 0 Å². The summed E-state index contributed by atoms with van der Waals surface area (Å²) in [6.45, 7) is 16.6. The van der Waals surface area contributed by atoms with Gasteiger partial charge in [-0.15, -0.1) is 0 Å². The quantitative estimate of drug-likeness (QED) is 0.490. The van der Waals surface area contributed by atoms with Crippen molar-refractivity contribution in [3.05, 3.63) is 0 Å². The second kappa shape index (κ2) is 70.3. The van der Waals surface area contributed by atoms with Crippen molar-refractivity contribution in [2.75, 3.05) is 0 Å². The normalized spacial score (nSPS) is 5.68. The summed E-state index contributed by atoms with van der Waals surface area (Å²) in [5.74, 6) is 0. The highest BCUT2D eigenvalue weighted by molar-refractivity contribution is 5.53. The van der Waals surface area contributed by atoms with E-state index >= 15 is 0 Å². The Bertz CT molecular complexity index is 104. The highest BCUT2D eigenvalue weighted by atomic mass is 16.6. The summed E-state index contributed by atoms with van der Waals surface area (Å²) < 4.78 is 0. The molecule has 0 spiro atoms. The van der Waals surface area contributed by atoms with Crippen molar-refractivity contribution in [3.63, 3.8) is 0 Å². The van der Waals surface area contributed by atoms with Crippen LogP contribution >= 0.6 is 0 Å². The van der Waals surface area contributed by atoms with E-state index < -0.39 is 12.3 Å². The molecule has 0 aliphatic rings. The van der Waals surface area contributed by atoms with Crippen LogP contribution in [0, 0.1) is 0 Å². The van der Waals surface area contributed by atoms with Crippen molar-refractivity contribution in [2.45, 2.75) is 74.7 Å². The summed E-state index contributed by atoms with van der Waals surface area (Å²) in [5.41, 5.74) is 0. The van der Waals surface area contributed by atoms with E-state index in [0.29, 0.717) is 0 Å². The lowest BCUT2D eigenvalue weighted by molar-refractivity contribution is 0.135. The maximum absolute atomic E-state index is 8.56. The molecule has 0 aromatic carbocycles. The Morgan fingerprint density at radius 3 is 0.684 bits per heavy atom. The zero-order chi connectivity index (χ0) is 17.3. The Morgan fingerprint density at radius 1 is 0.632 bits per heavy atom. The minimum Gasteiger partial charge on any atom is -0.450 e. The second-order valence-electron chi connectivity index (χ2n) is 2.27. The van der Waals surface area contributed by atoms with Crippen LogP contribution in [0.4, 0.5) is 9.59 Å². The molecule has 19 heavy (non-hydrogen) atoms. The van der Waals surface area contributed by atoms with Crippen LogP contribution in [0.5, 0.6) is 0 Å². The van der Waals surface area contributed by atoms with Gasteiger partial charge in [0.2, 0.25) is 0 Å². The molecule has 0 amide bonds. The number of rotatable bonds is 1. The summed E-state index contributed by atoms with van der Waals surface area (Å²) >= 11 is 0. The minimum absolute atomic E-state index is 1.25. The van der Waals surface area contributed by atoms with Gasteiger partial charge in [-0.25, -0.2) is 9.59 Å². The molecule has 0 bridgehead atoms. The SMILES string of the molecule is CC.CC.CCC.CCCC.O=C(O)O.O=C(O)O. The summed E-state index contributed by atoms with van der Waals surface area (Å²) in [5, 5.41) is 27.9. The van der Waals surface area contributed by atoms with Crippen LogP contribution in [-0.4, -0.2) is 32.7 Å². The molecule has 0 radical (unpaired) electrons. The van der Waals surface area contributed by atoms with Gasteiger partial charge in [0.05, 0.1) is 0 Å². The van der Waals surface area contributed by atoms with E-state index in [-0.39, 0.29) is 0 Å². The van der Waals surface area contributed by atoms with Gasteiger partial charge in [-0.05, 0) is 0 Å². The van der Waals surface area contributed by atoms with Crippen LogP contribution in [0.2, 0.25) is 0 Å². The number of hydrogen-bond acceptors (Lipinski definition) is 2. The van der Waals surface area contributed by atoms with Crippen molar-refractivity contribution in [2.24, 2.45) is 0 Å². The molecule has 0 aromatic rings. The first-order chi connectivity index (χ1) is 8.79. The predicted molar refractivity (Wildman–Crippen MR) is 80.6 cm³/mol. The predicted octanol–water partition coefficient (Wildman–Crippen LogP) is 5.72. The zero-order valence-corrected chi connectivity index (χ0v) is 13.7. The van der Waals surface area contributed by atoms with E-state index in [1.807, 2.05) is 27.7 Å². The maximum atomic E-state index is 8.56. The lowest BCUT2D eigenvalue weighted by Gasteiger charge is -1.68. The van der Waals surface area contributed by atoms with Crippen LogP contribution in [0.1, 0.15) is 74.7 Å². The molecule has 0 saturated carbocycles. The maximum Gasteiger partial charge on any atom is 0.503 e. The van der Waals surface area contributed by atoms with E-state index in [0.717, 1.165) is 0 Å². The van der Waals surface area contributed by atoms with Gasteiger partial charge in [-0.2, -0.15) is 0 Å². The van der Waals surface area contributed by atoms with E-state index in [1.165, 1.54) is 19.3 Å². The van der Waals surface area contributed by atoms with Crippen LogP contribution in [0.15, 0.2) is 0 Å². The second-order valence-corrected chi connectivity index (χ2v) is 2.27. The van der Waals surface area contributed by atoms with E-state index in [2.05, 4.69) is 27.7 Å². The monoisotopic (exact) mass is 286 g/mol. The molecular weight excluding hydrogens is 252 g/mol. The number of carboxylic acid groups (broad SMARTS) is 4. The Balaban J connectivity index is -0.0000000274. The van der Waals surface area contributed by atoms with Gasteiger partial charge >= 0.3 is 12.3 Å². The molecule has 0 aliphatic heterocycles. The number of unbranched alkanes of at least 4 members (excludes halogenated alkanes) is 1. The van der Waals surface area contributed by atoms with Gasteiger partial charge in [-0.1, -0.05) is 74.7 Å². The third-order valence-electron chi connectivity index (χ3n) is 0.500. The fourth-order valence-electron chi connectivity index (χ4n) is 0. The van der Waals surface area contributed by atoms with Gasteiger partial charge in [0.1, 0.15) is 0 Å². The molecule has 6 heteroatoms. The fraction of sp³-hybridized carbons (Fsp3) is 0.846. The summed E-state index contributed by atoms with van der Waals surface area (Å²) in [7, 11) is 0. The van der Waals surface area contributed by atoms with Gasteiger partial charge < -0.3 is 20.4 Å². The molecule has 0 aliphatic carbocycles. The van der Waals surface area contributed by atoms with Crippen LogP contribution in [0.3, 0.4) is 0 Å². The lowest BCUT2D eigenvalue weighted by Crippen LogP contribution is -1.81. The highest BCUT2D eigenvalue weighted by Gasteiger charge is 1.70. The molecule has 6 nitrogen and oxygen atoms in total. The van der Waals surface area contributed by atoms with Crippen molar-refractivity contribution < 1.29 is 30.0 Å². The van der Waals surface area contributed by atoms with E-state index in [4.69, 9.17) is 30.0 Å². The molecule has 0 atom stereocenters. The molecule has 0 heterocycles. The molecule has 0 saturated heterocycles. The van der Waals surface area contributed by atoms with Crippen molar-refractivity contribution in [1.82, 2.24) is 0 Å². The topological polar surface area (TPSA) is 115 Å². The van der Waals surface area contributed by atoms with Crippen LogP contribution < -0.4 is 0 Å². The lowest BCUT2D eigenvalue weighted by atomic mass is 10.4. The summed E-state index contributed by atoms with van der Waals surface area (Å²) in [6, 6.07) is 0. The molecule has 0 aromatic heterocycles. The molecule has 0 rings (SSSR count). The molecular formula is C13H34O6. The third kappa shape index (κ3) is 16500. The average Bonchev–Trinajstić information content (AvgIpc) is 2.33. The summed E-state index contributed by atoms with van der Waals surface area (Å²) in [6.07, 6.45) is 0.222. The van der Waals surface area contributed by atoms with E-state index in [1.54, 1.807) is 0 Å². The first-order valence-electron chi connectivity index (χ1n) is 6.63. The van der Waals surface area contributed by atoms with Gasteiger partial charge in [0, 0.05) is 0 Å². The molecule has 4 N–H and O–H groups in total. The average molecular weight is 286 g/mol. The first-order valence-corrected chi connectivity index (χ1v) is 6.63. The fourth-order valence-corrected chi connectivity index (χ4v) is 0. The zero-order valence-electron chi connectivity index (χ0n) is 13.7. The number of hydrogen-bond donors (Lipinski definition) is 4. The minimum atomic E-state index is -1.83. The Morgan fingerprint density at radius 2 is 0.684 bits per heavy atom. The van der Waals surface area contributed by atoms with Crippen molar-refractivity contribution >= 4 is 12.3 Å². The Kier molecular flexibility index (Phi) is 133. The van der Waals surface area contributed by atoms with Gasteiger partial charge in [0.15, 0.2) is 0 Å². The van der Waals surface area contributed by atoms with Crippen LogP contribution in [0.25, 0.3) is 0 Å². The Hall–Kier alpha value is -1.46. The van der Waals surface area contributed by atoms with Gasteiger partial charge in [-0.3, -0.25) is 0 Å². The smallest absolute Gasteiger partial charge is 0.450 e. The van der Waals surface area contributed by atoms with Crippen LogP contribution in [-0.2, 0) is 0 Å². The standard InChI is InChI=1S/C4H10.C3H8.2C2H6.2CH2O3/c1-3-4-2;1-3-2;2*1-2;2*2-1(3)4/h3-4H2,1-2H3;3H2,1-2H3;2*1-2H3;2*(H2,2,3,4). The van der Waals surface area contributed by atoms with Gasteiger partial charge in [0.25, 0.3) is 0 Å². The third-order valence-corrected chi connectivity index (χ3v) is 0.500.